The molecule has 0 fully saturated rings. The Bertz CT molecular complexity index is 931. The molecule has 3 aromatic rings. The summed E-state index contributed by atoms with van der Waals surface area (Å²) in [6, 6.07) is 14.6. The summed E-state index contributed by atoms with van der Waals surface area (Å²) in [5.74, 6) is 0.0547. The maximum absolute atomic E-state index is 11.2. The van der Waals surface area contributed by atoms with E-state index >= 15 is 0 Å². The molecule has 0 amide bonds. The van der Waals surface area contributed by atoms with Crippen LogP contribution < -0.4 is 4.74 Å². The lowest BCUT2D eigenvalue weighted by Gasteiger charge is -2.06. The number of rotatable bonds is 3. The van der Waals surface area contributed by atoms with Gasteiger partial charge in [0.25, 0.3) is 0 Å². The maximum Gasteiger partial charge on any atom is 0.308 e. The Kier molecular flexibility index (Phi) is 4.84. The van der Waals surface area contributed by atoms with Crippen LogP contribution in [0, 0.1) is 0 Å². The van der Waals surface area contributed by atoms with E-state index in [1.807, 2.05) is 36.4 Å². The number of aromatic nitrogens is 1. The molecule has 0 radical (unpaired) electrons. The quantitative estimate of drug-likeness (QED) is 0.449. The van der Waals surface area contributed by atoms with Crippen LogP contribution in [-0.4, -0.2) is 11.0 Å². The summed E-state index contributed by atoms with van der Waals surface area (Å²) in [4.78, 5) is 15.8. The Balaban J connectivity index is 2.01. The highest BCUT2D eigenvalue weighted by molar-refractivity contribution is 6.37. The number of halogens is 2. The number of fused-ring (bicyclic) bond motifs is 1. The second kappa shape index (κ2) is 7.04. The fraction of sp³-hybridized carbons (Fsp3) is 0.0526. The summed E-state index contributed by atoms with van der Waals surface area (Å²) in [6.45, 7) is 1.36. The molecule has 120 valence electrons. The number of nitrogens with zero attached hydrogens (tertiary/aromatic N) is 1. The third kappa shape index (κ3) is 3.58. The summed E-state index contributed by atoms with van der Waals surface area (Å²) in [6.07, 6.45) is 3.63. The Morgan fingerprint density at radius 1 is 1.00 bits per heavy atom. The van der Waals surface area contributed by atoms with E-state index in [0.717, 1.165) is 10.9 Å². The van der Waals surface area contributed by atoms with Crippen LogP contribution in [0.25, 0.3) is 23.1 Å². The molecule has 24 heavy (non-hydrogen) atoms. The van der Waals surface area contributed by atoms with Crippen molar-refractivity contribution in [2.75, 3.05) is 0 Å². The standard InChI is InChI=1S/C19H13Cl2NO2/c1-12(23)24-18-7-2-4-13-8-9-14(22-19(13)18)10-11-15-16(20)5-3-6-17(15)21/h2-11H,1H3/b11-10+. The second-order valence-corrected chi connectivity index (χ2v) is 5.94. The molecule has 0 unspecified atom stereocenters. The van der Waals surface area contributed by atoms with E-state index in [0.29, 0.717) is 27.0 Å². The Hall–Kier alpha value is -2.36. The minimum Gasteiger partial charge on any atom is -0.424 e. The number of para-hydroxylation sites is 1. The van der Waals surface area contributed by atoms with Gasteiger partial charge in [0.15, 0.2) is 5.75 Å². The third-order valence-corrected chi connectivity index (χ3v) is 4.04. The molecule has 3 rings (SSSR count). The smallest absolute Gasteiger partial charge is 0.308 e. The molecule has 0 N–H and O–H groups in total. The molecule has 3 nitrogen and oxygen atoms in total. The van der Waals surface area contributed by atoms with E-state index in [1.54, 1.807) is 24.3 Å². The van der Waals surface area contributed by atoms with Crippen LogP contribution in [0.5, 0.6) is 5.75 Å². The molecule has 0 bridgehead atoms. The molecule has 5 heteroatoms. The molecule has 0 atom stereocenters. The molecular formula is C19H13Cl2NO2. The van der Waals surface area contributed by atoms with Crippen molar-refractivity contribution in [1.82, 2.24) is 4.98 Å². The zero-order valence-electron chi connectivity index (χ0n) is 12.8. The third-order valence-electron chi connectivity index (χ3n) is 3.38. The lowest BCUT2D eigenvalue weighted by Crippen LogP contribution is -2.02. The number of ether oxygens (including phenoxy) is 1. The van der Waals surface area contributed by atoms with Gasteiger partial charge in [0.05, 0.1) is 5.69 Å². The molecule has 0 saturated carbocycles. The number of carbonyl (C=O) groups is 1. The Morgan fingerprint density at radius 3 is 2.42 bits per heavy atom. The van der Waals surface area contributed by atoms with E-state index in [-0.39, 0.29) is 5.97 Å². The minimum atomic E-state index is -0.381. The first kappa shape index (κ1) is 16.5. The Labute approximate surface area is 149 Å². The van der Waals surface area contributed by atoms with Gasteiger partial charge in [0.1, 0.15) is 5.52 Å². The summed E-state index contributed by atoms with van der Waals surface area (Å²) < 4.78 is 5.22. The first-order valence-corrected chi connectivity index (χ1v) is 8.00. The molecule has 0 aliphatic carbocycles. The van der Waals surface area contributed by atoms with Crippen LogP contribution in [0.1, 0.15) is 18.2 Å². The summed E-state index contributed by atoms with van der Waals surface area (Å²) >= 11 is 12.3. The first-order chi connectivity index (χ1) is 11.5. The van der Waals surface area contributed by atoms with E-state index in [2.05, 4.69) is 4.98 Å². The molecule has 1 heterocycles. The van der Waals surface area contributed by atoms with E-state index < -0.39 is 0 Å². The average Bonchev–Trinajstić information content (AvgIpc) is 2.54. The molecule has 2 aromatic carbocycles. The molecule has 0 spiro atoms. The van der Waals surface area contributed by atoms with Crippen LogP contribution in [0.4, 0.5) is 0 Å². The molecule has 0 saturated heterocycles. The van der Waals surface area contributed by atoms with Crippen molar-refractivity contribution in [3.63, 3.8) is 0 Å². The first-order valence-electron chi connectivity index (χ1n) is 7.25. The van der Waals surface area contributed by atoms with Crippen molar-refractivity contribution in [3.05, 3.63) is 69.8 Å². The van der Waals surface area contributed by atoms with Gasteiger partial charge in [0.2, 0.25) is 0 Å². The SMILES string of the molecule is CC(=O)Oc1cccc2ccc(/C=C/c3c(Cl)cccc3Cl)nc12. The molecule has 1 aromatic heterocycles. The lowest BCUT2D eigenvalue weighted by molar-refractivity contribution is -0.131. The fourth-order valence-electron chi connectivity index (χ4n) is 2.30. The number of pyridine rings is 1. The minimum absolute atomic E-state index is 0.381. The number of esters is 1. The van der Waals surface area contributed by atoms with Gasteiger partial charge in [-0.3, -0.25) is 4.79 Å². The highest BCUT2D eigenvalue weighted by Gasteiger charge is 2.07. The lowest BCUT2D eigenvalue weighted by atomic mass is 10.1. The van der Waals surface area contributed by atoms with Crippen molar-refractivity contribution < 1.29 is 9.53 Å². The van der Waals surface area contributed by atoms with Gasteiger partial charge in [-0.15, -0.1) is 0 Å². The molecule has 0 aliphatic heterocycles. The maximum atomic E-state index is 11.2. The van der Waals surface area contributed by atoms with Crippen LogP contribution in [0.2, 0.25) is 10.0 Å². The second-order valence-electron chi connectivity index (χ2n) is 5.13. The van der Waals surface area contributed by atoms with Crippen LogP contribution >= 0.6 is 23.2 Å². The normalized spacial score (nSPS) is 11.1. The van der Waals surface area contributed by atoms with Crippen LogP contribution in [0.3, 0.4) is 0 Å². The predicted octanol–water partition coefficient (Wildman–Crippen LogP) is 5.64. The Morgan fingerprint density at radius 2 is 1.71 bits per heavy atom. The van der Waals surface area contributed by atoms with E-state index in [9.17, 15) is 4.79 Å². The van der Waals surface area contributed by atoms with Gasteiger partial charge in [-0.05, 0) is 36.4 Å². The number of hydrogen-bond donors (Lipinski definition) is 0. The monoisotopic (exact) mass is 357 g/mol. The highest BCUT2D eigenvalue weighted by atomic mass is 35.5. The van der Waals surface area contributed by atoms with Crippen LogP contribution in [-0.2, 0) is 4.79 Å². The van der Waals surface area contributed by atoms with Gasteiger partial charge < -0.3 is 4.74 Å². The zero-order chi connectivity index (χ0) is 17.1. The van der Waals surface area contributed by atoms with Crippen molar-refractivity contribution in [1.29, 1.82) is 0 Å². The average molecular weight is 358 g/mol. The van der Waals surface area contributed by atoms with Crippen molar-refractivity contribution in [3.8, 4) is 5.75 Å². The molecular weight excluding hydrogens is 345 g/mol. The number of carbonyl (C=O) groups excluding carboxylic acids is 1. The fourth-order valence-corrected chi connectivity index (χ4v) is 2.83. The summed E-state index contributed by atoms with van der Waals surface area (Å²) in [5, 5.41) is 2.03. The summed E-state index contributed by atoms with van der Waals surface area (Å²) in [5.41, 5.74) is 2.06. The largest absolute Gasteiger partial charge is 0.424 e. The zero-order valence-corrected chi connectivity index (χ0v) is 14.3. The van der Waals surface area contributed by atoms with Gasteiger partial charge in [0, 0.05) is 27.9 Å². The number of hydrogen-bond acceptors (Lipinski definition) is 3. The van der Waals surface area contributed by atoms with Crippen molar-refractivity contribution in [2.45, 2.75) is 6.92 Å². The molecule has 0 aliphatic rings. The summed E-state index contributed by atoms with van der Waals surface area (Å²) in [7, 11) is 0. The van der Waals surface area contributed by atoms with E-state index in [4.69, 9.17) is 27.9 Å². The highest BCUT2D eigenvalue weighted by Crippen LogP contribution is 2.27. The topological polar surface area (TPSA) is 39.2 Å². The van der Waals surface area contributed by atoms with Crippen molar-refractivity contribution in [2.24, 2.45) is 0 Å². The van der Waals surface area contributed by atoms with Gasteiger partial charge >= 0.3 is 5.97 Å². The van der Waals surface area contributed by atoms with Crippen molar-refractivity contribution >= 4 is 52.2 Å². The van der Waals surface area contributed by atoms with E-state index in [1.165, 1.54) is 6.92 Å². The predicted molar refractivity (Wildman–Crippen MR) is 98.4 cm³/mol. The van der Waals surface area contributed by atoms with Gasteiger partial charge in [-0.25, -0.2) is 4.98 Å². The van der Waals surface area contributed by atoms with Gasteiger partial charge in [-0.1, -0.05) is 47.5 Å². The van der Waals surface area contributed by atoms with Crippen LogP contribution in [0.15, 0.2) is 48.5 Å². The van der Waals surface area contributed by atoms with Gasteiger partial charge in [-0.2, -0.15) is 0 Å². The number of benzene rings is 2.